The third kappa shape index (κ3) is 4.07. The summed E-state index contributed by atoms with van der Waals surface area (Å²) in [6.07, 6.45) is 3.32. The molecule has 1 rings (SSSR count). The highest BCUT2D eigenvalue weighted by Crippen LogP contribution is 2.13. The van der Waals surface area contributed by atoms with E-state index in [1.54, 1.807) is 0 Å². The van der Waals surface area contributed by atoms with Crippen LogP contribution in [-0.2, 0) is 4.74 Å². The smallest absolute Gasteiger partial charge is 0.0584 e. The van der Waals surface area contributed by atoms with E-state index < -0.39 is 0 Å². The van der Waals surface area contributed by atoms with Gasteiger partial charge in [-0.15, -0.1) is 0 Å². The van der Waals surface area contributed by atoms with Crippen LogP contribution in [0.3, 0.4) is 0 Å². The summed E-state index contributed by atoms with van der Waals surface area (Å²) in [5.41, 5.74) is 0. The fraction of sp³-hybridized carbons (Fsp3) is 1.00. The lowest BCUT2D eigenvalue weighted by Gasteiger charge is -2.24. The predicted molar refractivity (Wildman–Crippen MR) is 52.7 cm³/mol. The maximum absolute atomic E-state index is 8.97. The zero-order chi connectivity index (χ0) is 9.52. The second-order valence-corrected chi connectivity index (χ2v) is 3.75. The number of hydrogen-bond acceptors (Lipinski definition) is 3. The molecule has 1 aliphatic rings. The molecule has 78 valence electrons. The average molecular weight is 187 g/mol. The summed E-state index contributed by atoms with van der Waals surface area (Å²) in [5.74, 6) is 0.745. The summed E-state index contributed by atoms with van der Waals surface area (Å²) in [4.78, 5) is 0. The van der Waals surface area contributed by atoms with Crippen molar-refractivity contribution in [3.63, 3.8) is 0 Å². The van der Waals surface area contributed by atoms with E-state index in [0.717, 1.165) is 44.9 Å². The molecule has 1 fully saturated rings. The third-order valence-corrected chi connectivity index (χ3v) is 2.75. The van der Waals surface area contributed by atoms with Crippen molar-refractivity contribution >= 4 is 0 Å². The molecule has 0 amide bonds. The summed E-state index contributed by atoms with van der Waals surface area (Å²) in [7, 11) is 0. The Bertz CT molecular complexity index is 120. The van der Waals surface area contributed by atoms with Gasteiger partial charge < -0.3 is 15.2 Å². The Kier molecular flexibility index (Phi) is 5.35. The van der Waals surface area contributed by atoms with E-state index >= 15 is 0 Å². The average Bonchev–Trinajstić information content (AvgIpc) is 2.21. The Morgan fingerprint density at radius 3 is 2.69 bits per heavy atom. The Morgan fingerprint density at radius 1 is 1.46 bits per heavy atom. The molecule has 0 saturated carbocycles. The van der Waals surface area contributed by atoms with Gasteiger partial charge in [-0.1, -0.05) is 6.92 Å². The van der Waals surface area contributed by atoms with Gasteiger partial charge in [-0.25, -0.2) is 0 Å². The minimum atomic E-state index is 0.250. The maximum Gasteiger partial charge on any atom is 0.0584 e. The first-order valence-corrected chi connectivity index (χ1v) is 5.28. The van der Waals surface area contributed by atoms with Gasteiger partial charge in [0.15, 0.2) is 0 Å². The van der Waals surface area contributed by atoms with Crippen molar-refractivity contribution < 1.29 is 9.84 Å². The molecule has 0 aliphatic carbocycles. The van der Waals surface area contributed by atoms with Gasteiger partial charge in [0.1, 0.15) is 0 Å². The highest BCUT2D eigenvalue weighted by Gasteiger charge is 2.14. The number of ether oxygens (including phenoxy) is 1. The summed E-state index contributed by atoms with van der Waals surface area (Å²) in [5, 5.41) is 12.4. The fourth-order valence-corrected chi connectivity index (χ4v) is 1.62. The van der Waals surface area contributed by atoms with Crippen LogP contribution in [-0.4, -0.2) is 37.5 Å². The van der Waals surface area contributed by atoms with Crippen molar-refractivity contribution in [2.24, 2.45) is 5.92 Å². The molecule has 1 heterocycles. The van der Waals surface area contributed by atoms with Crippen LogP contribution >= 0.6 is 0 Å². The summed E-state index contributed by atoms with van der Waals surface area (Å²) in [6, 6.07) is 0.280. The van der Waals surface area contributed by atoms with Crippen molar-refractivity contribution in [1.29, 1.82) is 0 Å². The van der Waals surface area contributed by atoms with Gasteiger partial charge in [0.2, 0.25) is 0 Å². The molecule has 0 radical (unpaired) electrons. The molecule has 0 aromatic heterocycles. The van der Waals surface area contributed by atoms with E-state index in [9.17, 15) is 0 Å². The molecule has 3 nitrogen and oxygen atoms in total. The molecule has 1 atom stereocenters. The van der Waals surface area contributed by atoms with E-state index in [1.165, 1.54) is 0 Å². The first-order valence-electron chi connectivity index (χ1n) is 5.28. The van der Waals surface area contributed by atoms with Gasteiger partial charge in [-0.05, 0) is 31.7 Å². The van der Waals surface area contributed by atoms with Gasteiger partial charge in [0.05, 0.1) is 6.61 Å². The lowest BCUT2D eigenvalue weighted by atomic mass is 10.00. The van der Waals surface area contributed by atoms with Crippen molar-refractivity contribution in [1.82, 2.24) is 5.32 Å². The van der Waals surface area contributed by atoms with Crippen LogP contribution in [0, 0.1) is 5.92 Å². The number of aliphatic hydroxyl groups excluding tert-OH is 1. The second-order valence-electron chi connectivity index (χ2n) is 3.75. The molecule has 0 spiro atoms. The van der Waals surface area contributed by atoms with Crippen molar-refractivity contribution in [2.45, 2.75) is 32.2 Å². The van der Waals surface area contributed by atoms with Crippen LogP contribution in [0.4, 0.5) is 0 Å². The SMILES string of the molecule is CC[C@@H](CO)NCC1CCOCC1. The van der Waals surface area contributed by atoms with Crippen LogP contribution in [0.2, 0.25) is 0 Å². The van der Waals surface area contributed by atoms with Gasteiger partial charge in [0.25, 0.3) is 0 Å². The lowest BCUT2D eigenvalue weighted by Crippen LogP contribution is -2.37. The van der Waals surface area contributed by atoms with Crippen LogP contribution in [0.15, 0.2) is 0 Å². The van der Waals surface area contributed by atoms with E-state index in [2.05, 4.69) is 12.2 Å². The number of hydrogen-bond donors (Lipinski definition) is 2. The molecule has 2 N–H and O–H groups in total. The largest absolute Gasteiger partial charge is 0.395 e. The molecule has 0 bridgehead atoms. The van der Waals surface area contributed by atoms with Gasteiger partial charge in [-0.3, -0.25) is 0 Å². The molecule has 0 aromatic rings. The van der Waals surface area contributed by atoms with E-state index in [4.69, 9.17) is 9.84 Å². The van der Waals surface area contributed by atoms with Crippen LogP contribution in [0.25, 0.3) is 0 Å². The molecule has 13 heavy (non-hydrogen) atoms. The normalized spacial score (nSPS) is 21.7. The summed E-state index contributed by atoms with van der Waals surface area (Å²) < 4.78 is 5.28. The molecule has 0 unspecified atom stereocenters. The number of nitrogens with one attached hydrogen (secondary N) is 1. The topological polar surface area (TPSA) is 41.5 Å². The summed E-state index contributed by atoms with van der Waals surface area (Å²) in [6.45, 7) is 5.19. The van der Waals surface area contributed by atoms with Crippen molar-refractivity contribution in [2.75, 3.05) is 26.4 Å². The quantitative estimate of drug-likeness (QED) is 0.668. The van der Waals surface area contributed by atoms with Crippen LogP contribution in [0.5, 0.6) is 0 Å². The molecule has 0 aromatic carbocycles. The lowest BCUT2D eigenvalue weighted by molar-refractivity contribution is 0.0645. The van der Waals surface area contributed by atoms with Gasteiger partial charge in [0, 0.05) is 19.3 Å². The monoisotopic (exact) mass is 187 g/mol. The molecular weight excluding hydrogens is 166 g/mol. The fourth-order valence-electron chi connectivity index (χ4n) is 1.62. The number of aliphatic hydroxyl groups is 1. The maximum atomic E-state index is 8.97. The van der Waals surface area contributed by atoms with Crippen molar-refractivity contribution in [3.8, 4) is 0 Å². The number of rotatable bonds is 5. The highest BCUT2D eigenvalue weighted by atomic mass is 16.5. The standard InChI is InChI=1S/C10H21NO2/c1-2-10(8-12)11-7-9-3-5-13-6-4-9/h9-12H,2-8H2,1H3/t10-/m0/s1. The highest BCUT2D eigenvalue weighted by molar-refractivity contribution is 4.70. The Balaban J connectivity index is 2.09. The van der Waals surface area contributed by atoms with Gasteiger partial charge in [-0.2, -0.15) is 0 Å². The van der Waals surface area contributed by atoms with Gasteiger partial charge >= 0.3 is 0 Å². The van der Waals surface area contributed by atoms with E-state index in [0.29, 0.717) is 0 Å². The van der Waals surface area contributed by atoms with Crippen LogP contribution in [0.1, 0.15) is 26.2 Å². The Morgan fingerprint density at radius 2 is 2.15 bits per heavy atom. The van der Waals surface area contributed by atoms with E-state index in [1.807, 2.05) is 0 Å². The Hall–Kier alpha value is -0.120. The first kappa shape index (κ1) is 11.0. The second kappa shape index (κ2) is 6.35. The third-order valence-electron chi connectivity index (χ3n) is 2.75. The van der Waals surface area contributed by atoms with Crippen molar-refractivity contribution in [3.05, 3.63) is 0 Å². The molecular formula is C10H21NO2. The molecule has 1 saturated heterocycles. The molecule has 3 heteroatoms. The van der Waals surface area contributed by atoms with Crippen LogP contribution < -0.4 is 5.32 Å². The van der Waals surface area contributed by atoms with E-state index in [-0.39, 0.29) is 12.6 Å². The first-order chi connectivity index (χ1) is 6.36. The molecule has 1 aliphatic heterocycles. The minimum Gasteiger partial charge on any atom is -0.395 e. The Labute approximate surface area is 80.5 Å². The summed E-state index contributed by atoms with van der Waals surface area (Å²) >= 11 is 0. The minimum absolute atomic E-state index is 0.250. The zero-order valence-corrected chi connectivity index (χ0v) is 8.46. The predicted octanol–water partition coefficient (Wildman–Crippen LogP) is 0.773. The zero-order valence-electron chi connectivity index (χ0n) is 8.46.